The molecule has 5 heteroatoms. The highest BCUT2D eigenvalue weighted by Crippen LogP contribution is 2.17. The van der Waals surface area contributed by atoms with Crippen LogP contribution < -0.4 is 5.32 Å². The molecule has 2 heterocycles. The molecule has 0 bridgehead atoms. The topological polar surface area (TPSA) is 35.6 Å². The highest BCUT2D eigenvalue weighted by atomic mass is 32.1. The Kier molecular flexibility index (Phi) is 5.43. The van der Waals surface area contributed by atoms with Crippen molar-refractivity contribution in [2.75, 3.05) is 39.8 Å². The summed E-state index contributed by atoms with van der Waals surface area (Å²) >= 11 is 1.55. The quantitative estimate of drug-likeness (QED) is 0.915. The summed E-state index contributed by atoms with van der Waals surface area (Å²) in [6.45, 7) is 5.12. The molecule has 23 heavy (non-hydrogen) atoms. The summed E-state index contributed by atoms with van der Waals surface area (Å²) < 4.78 is 0. The summed E-state index contributed by atoms with van der Waals surface area (Å²) in [5.74, 6) is 0.00855. The molecular formula is C18H23N3OS. The second-order valence-corrected chi connectivity index (χ2v) is 6.83. The smallest absolute Gasteiger partial charge is 0.252 e. The van der Waals surface area contributed by atoms with E-state index in [0.717, 1.165) is 43.9 Å². The van der Waals surface area contributed by atoms with Crippen molar-refractivity contribution in [3.05, 3.63) is 58.3 Å². The van der Waals surface area contributed by atoms with Crippen molar-refractivity contribution in [2.24, 2.45) is 0 Å². The molecule has 1 N–H and O–H groups in total. The maximum atomic E-state index is 12.5. The van der Waals surface area contributed by atoms with Crippen LogP contribution in [0.2, 0.25) is 0 Å². The molecule has 1 aliphatic rings. The standard InChI is InChI=1S/C18H23N3OS/c1-20-8-10-21(11-9-20)13-17(15-5-3-2-4-6-15)19-18(22)16-7-12-23-14-16/h2-7,12,14,17H,8-11,13H2,1H3,(H,19,22). The number of hydrogen-bond donors (Lipinski definition) is 1. The lowest BCUT2D eigenvalue weighted by atomic mass is 10.1. The molecule has 1 aromatic carbocycles. The number of nitrogens with zero attached hydrogens (tertiary/aromatic N) is 2. The largest absolute Gasteiger partial charge is 0.344 e. The van der Waals surface area contributed by atoms with E-state index in [1.807, 2.05) is 35.0 Å². The van der Waals surface area contributed by atoms with Gasteiger partial charge >= 0.3 is 0 Å². The highest BCUT2D eigenvalue weighted by molar-refractivity contribution is 7.08. The Labute approximate surface area is 141 Å². The minimum absolute atomic E-state index is 0.00855. The molecule has 4 nitrogen and oxygen atoms in total. The average molecular weight is 329 g/mol. The number of rotatable bonds is 5. The van der Waals surface area contributed by atoms with Crippen molar-refractivity contribution in [2.45, 2.75) is 6.04 Å². The number of benzene rings is 1. The zero-order chi connectivity index (χ0) is 16.1. The van der Waals surface area contributed by atoms with Crippen molar-refractivity contribution >= 4 is 17.2 Å². The highest BCUT2D eigenvalue weighted by Gasteiger charge is 2.21. The summed E-state index contributed by atoms with van der Waals surface area (Å²) in [7, 11) is 2.16. The Morgan fingerprint density at radius 1 is 1.17 bits per heavy atom. The van der Waals surface area contributed by atoms with E-state index in [4.69, 9.17) is 0 Å². The molecule has 122 valence electrons. The lowest BCUT2D eigenvalue weighted by molar-refractivity contribution is 0.0907. The van der Waals surface area contributed by atoms with Crippen LogP contribution >= 0.6 is 11.3 Å². The van der Waals surface area contributed by atoms with Crippen LogP contribution in [-0.4, -0.2) is 55.5 Å². The second kappa shape index (κ2) is 7.73. The van der Waals surface area contributed by atoms with Gasteiger partial charge in [0.25, 0.3) is 5.91 Å². The third kappa shape index (κ3) is 4.41. The fraction of sp³-hybridized carbons (Fsp3) is 0.389. The Hall–Kier alpha value is -1.69. The van der Waals surface area contributed by atoms with Gasteiger partial charge in [0.2, 0.25) is 0 Å². The van der Waals surface area contributed by atoms with Gasteiger partial charge in [0.05, 0.1) is 11.6 Å². The average Bonchev–Trinajstić information content (AvgIpc) is 3.12. The minimum atomic E-state index is 0.00855. The molecule has 1 aromatic heterocycles. The number of carbonyl (C=O) groups is 1. The van der Waals surface area contributed by atoms with E-state index in [2.05, 4.69) is 34.3 Å². The molecule has 1 saturated heterocycles. The lowest BCUT2D eigenvalue weighted by Gasteiger charge is -2.35. The molecule has 1 amide bonds. The molecule has 0 radical (unpaired) electrons. The van der Waals surface area contributed by atoms with E-state index in [9.17, 15) is 4.79 Å². The van der Waals surface area contributed by atoms with Crippen LogP contribution in [0.3, 0.4) is 0 Å². The molecule has 1 atom stereocenters. The number of piperazine rings is 1. The Bertz CT molecular complexity index is 606. The normalized spacial score (nSPS) is 17.8. The van der Waals surface area contributed by atoms with Crippen molar-refractivity contribution in [3.63, 3.8) is 0 Å². The molecule has 0 aliphatic carbocycles. The van der Waals surface area contributed by atoms with Crippen molar-refractivity contribution < 1.29 is 4.79 Å². The second-order valence-electron chi connectivity index (χ2n) is 6.05. The monoisotopic (exact) mass is 329 g/mol. The molecule has 0 spiro atoms. The first-order valence-electron chi connectivity index (χ1n) is 8.01. The van der Waals surface area contributed by atoms with Crippen LogP contribution in [0.15, 0.2) is 47.2 Å². The first-order chi connectivity index (χ1) is 11.2. The molecule has 1 aliphatic heterocycles. The predicted molar refractivity (Wildman–Crippen MR) is 94.9 cm³/mol. The zero-order valence-electron chi connectivity index (χ0n) is 13.4. The van der Waals surface area contributed by atoms with Gasteiger partial charge < -0.3 is 10.2 Å². The van der Waals surface area contributed by atoms with E-state index >= 15 is 0 Å². The molecule has 3 rings (SSSR count). The number of amides is 1. The molecule has 1 unspecified atom stereocenters. The molecule has 1 fully saturated rings. The molecular weight excluding hydrogens is 306 g/mol. The van der Waals surface area contributed by atoms with Gasteiger partial charge in [-0.2, -0.15) is 11.3 Å². The predicted octanol–water partition coefficient (Wildman–Crippen LogP) is 2.47. The van der Waals surface area contributed by atoms with E-state index in [1.165, 1.54) is 0 Å². The van der Waals surface area contributed by atoms with Crippen LogP contribution in [0.1, 0.15) is 22.0 Å². The SMILES string of the molecule is CN1CCN(CC(NC(=O)c2ccsc2)c2ccccc2)CC1. The summed E-state index contributed by atoms with van der Waals surface area (Å²) in [6.07, 6.45) is 0. The Morgan fingerprint density at radius 3 is 2.57 bits per heavy atom. The van der Waals surface area contributed by atoms with E-state index in [1.54, 1.807) is 11.3 Å². The summed E-state index contributed by atoms with van der Waals surface area (Å²) in [5.41, 5.74) is 1.91. The van der Waals surface area contributed by atoms with E-state index in [-0.39, 0.29) is 11.9 Å². The first-order valence-corrected chi connectivity index (χ1v) is 8.95. The van der Waals surface area contributed by atoms with Crippen molar-refractivity contribution in [1.29, 1.82) is 0 Å². The first kappa shape index (κ1) is 16.2. The summed E-state index contributed by atoms with van der Waals surface area (Å²) in [5, 5.41) is 7.04. The fourth-order valence-corrected chi connectivity index (χ4v) is 3.48. The van der Waals surface area contributed by atoms with Gasteiger partial charge in [0.15, 0.2) is 0 Å². The maximum absolute atomic E-state index is 12.5. The number of thiophene rings is 1. The maximum Gasteiger partial charge on any atom is 0.252 e. The van der Waals surface area contributed by atoms with Gasteiger partial charge in [-0.1, -0.05) is 30.3 Å². The van der Waals surface area contributed by atoms with Crippen molar-refractivity contribution in [3.8, 4) is 0 Å². The van der Waals surface area contributed by atoms with Crippen LogP contribution in [-0.2, 0) is 0 Å². The number of nitrogens with one attached hydrogen (secondary N) is 1. The fourth-order valence-electron chi connectivity index (χ4n) is 2.84. The van der Waals surface area contributed by atoms with Gasteiger partial charge in [-0.25, -0.2) is 0 Å². The Balaban J connectivity index is 1.70. The molecule has 0 saturated carbocycles. The van der Waals surface area contributed by atoms with Crippen molar-refractivity contribution in [1.82, 2.24) is 15.1 Å². The van der Waals surface area contributed by atoms with Gasteiger partial charge in [-0.15, -0.1) is 0 Å². The summed E-state index contributed by atoms with van der Waals surface area (Å²) in [4.78, 5) is 17.2. The van der Waals surface area contributed by atoms with Gasteiger partial charge in [-0.05, 0) is 24.1 Å². The summed E-state index contributed by atoms with van der Waals surface area (Å²) in [6, 6.07) is 12.1. The van der Waals surface area contributed by atoms with Crippen LogP contribution in [0.4, 0.5) is 0 Å². The van der Waals surface area contributed by atoms with Gasteiger partial charge in [0, 0.05) is 38.1 Å². The third-order valence-electron chi connectivity index (χ3n) is 4.33. The Morgan fingerprint density at radius 2 is 1.91 bits per heavy atom. The number of hydrogen-bond acceptors (Lipinski definition) is 4. The van der Waals surface area contributed by atoms with E-state index in [0.29, 0.717) is 0 Å². The molecule has 2 aromatic rings. The van der Waals surface area contributed by atoms with Gasteiger partial charge in [0.1, 0.15) is 0 Å². The van der Waals surface area contributed by atoms with Crippen LogP contribution in [0.5, 0.6) is 0 Å². The third-order valence-corrected chi connectivity index (χ3v) is 5.01. The van der Waals surface area contributed by atoms with Crippen LogP contribution in [0, 0.1) is 0 Å². The van der Waals surface area contributed by atoms with Crippen LogP contribution in [0.25, 0.3) is 0 Å². The minimum Gasteiger partial charge on any atom is -0.344 e. The van der Waals surface area contributed by atoms with E-state index < -0.39 is 0 Å². The lowest BCUT2D eigenvalue weighted by Crippen LogP contribution is -2.47. The zero-order valence-corrected chi connectivity index (χ0v) is 14.3. The number of carbonyl (C=O) groups excluding carboxylic acids is 1. The number of likely N-dealkylation sites (N-methyl/N-ethyl adjacent to an activating group) is 1. The van der Waals surface area contributed by atoms with Gasteiger partial charge in [-0.3, -0.25) is 9.69 Å².